The summed E-state index contributed by atoms with van der Waals surface area (Å²) in [5.41, 5.74) is -1.45. The van der Waals surface area contributed by atoms with Gasteiger partial charge in [0.25, 0.3) is 0 Å². The van der Waals surface area contributed by atoms with Crippen molar-refractivity contribution in [3.63, 3.8) is 0 Å². The van der Waals surface area contributed by atoms with Gasteiger partial charge in [-0.2, -0.15) is 0 Å². The van der Waals surface area contributed by atoms with Crippen molar-refractivity contribution in [2.24, 2.45) is 0 Å². The Kier molecular flexibility index (Phi) is 3.40. The molecule has 0 nitrogen and oxygen atoms in total. The van der Waals surface area contributed by atoms with E-state index >= 15 is 0 Å². The van der Waals surface area contributed by atoms with E-state index in [-0.39, 0.29) is 6.42 Å². The van der Waals surface area contributed by atoms with Crippen LogP contribution in [-0.4, -0.2) is 9.96 Å². The molecule has 8 heavy (non-hydrogen) atoms. The Morgan fingerprint density at radius 3 is 2.00 bits per heavy atom. The first kappa shape index (κ1) is 8.80. The average molecular weight is 179 g/mol. The number of halogens is 4. The minimum atomic E-state index is -1.45. The molecule has 0 aromatic heterocycles. The number of alkyl halides is 4. The van der Waals surface area contributed by atoms with Gasteiger partial charge in [0.05, 0.1) is 0 Å². The maximum atomic E-state index is 11.8. The Labute approximate surface area is 62.9 Å². The molecule has 0 aromatic carbocycles. The van der Waals surface area contributed by atoms with Gasteiger partial charge in [-0.05, 0) is 6.92 Å². The van der Waals surface area contributed by atoms with Crippen LogP contribution in [0.4, 0.5) is 4.39 Å². The summed E-state index contributed by atoms with van der Waals surface area (Å²) >= 11 is 15.7. The Morgan fingerprint density at radius 1 is 1.62 bits per heavy atom. The van der Waals surface area contributed by atoms with Crippen LogP contribution in [0, 0.1) is 0 Å². The first-order valence-electron chi connectivity index (χ1n) is 2.08. The highest BCUT2D eigenvalue weighted by molar-refractivity contribution is 6.48. The van der Waals surface area contributed by atoms with E-state index in [4.69, 9.17) is 34.8 Å². The van der Waals surface area contributed by atoms with Gasteiger partial charge in [0, 0.05) is 6.42 Å². The molecule has 0 amide bonds. The standard InChI is InChI=1S/C4H6Cl3F/c1-4(6,7)2-3(5)8/h3H,2H2,1H3. The third-order valence-corrected chi connectivity index (χ3v) is 0.976. The van der Waals surface area contributed by atoms with Gasteiger partial charge in [0.1, 0.15) is 4.33 Å². The van der Waals surface area contributed by atoms with Crippen molar-refractivity contribution in [2.75, 3.05) is 0 Å². The minimum Gasteiger partial charge on any atom is -0.230 e. The van der Waals surface area contributed by atoms with Crippen LogP contribution in [0.25, 0.3) is 0 Å². The molecular formula is C4H6Cl3F. The molecule has 0 aliphatic heterocycles. The van der Waals surface area contributed by atoms with Gasteiger partial charge >= 0.3 is 0 Å². The van der Waals surface area contributed by atoms with Gasteiger partial charge in [-0.15, -0.1) is 23.2 Å². The lowest BCUT2D eigenvalue weighted by molar-refractivity contribution is 0.410. The highest BCUT2D eigenvalue weighted by atomic mass is 35.5. The van der Waals surface area contributed by atoms with E-state index in [9.17, 15) is 4.39 Å². The maximum absolute atomic E-state index is 11.8. The number of hydrogen-bond donors (Lipinski definition) is 0. The Bertz CT molecular complexity index is 66.2. The van der Waals surface area contributed by atoms with Crippen LogP contribution in [0.3, 0.4) is 0 Å². The zero-order chi connectivity index (χ0) is 6.78. The predicted molar refractivity (Wildman–Crippen MR) is 35.5 cm³/mol. The van der Waals surface area contributed by atoms with Gasteiger partial charge in [0.2, 0.25) is 0 Å². The van der Waals surface area contributed by atoms with Crippen LogP contribution in [0.1, 0.15) is 13.3 Å². The third kappa shape index (κ3) is 6.80. The molecule has 1 unspecified atom stereocenters. The molecule has 50 valence electrons. The largest absolute Gasteiger partial charge is 0.230 e. The summed E-state index contributed by atoms with van der Waals surface area (Å²) in [6.07, 6.45) is -0.0440. The lowest BCUT2D eigenvalue weighted by atomic mass is 10.3. The number of rotatable bonds is 2. The van der Waals surface area contributed by atoms with Crippen LogP contribution in [0.5, 0.6) is 0 Å². The normalized spacial score (nSPS) is 16.1. The van der Waals surface area contributed by atoms with Gasteiger partial charge in [-0.1, -0.05) is 11.6 Å². The Morgan fingerprint density at radius 2 is 2.00 bits per heavy atom. The molecule has 0 fully saturated rings. The SMILES string of the molecule is CC(Cl)(Cl)CC(F)Cl. The molecule has 0 radical (unpaired) electrons. The van der Waals surface area contributed by atoms with Crippen molar-refractivity contribution in [3.8, 4) is 0 Å². The summed E-state index contributed by atoms with van der Waals surface area (Å²) in [6.45, 7) is 1.49. The van der Waals surface area contributed by atoms with Crippen molar-refractivity contribution >= 4 is 34.8 Å². The van der Waals surface area contributed by atoms with Gasteiger partial charge in [-0.25, -0.2) is 4.39 Å². The molecule has 0 spiro atoms. The van der Waals surface area contributed by atoms with Crippen LogP contribution in [-0.2, 0) is 0 Å². The van der Waals surface area contributed by atoms with Gasteiger partial charge in [-0.3, -0.25) is 0 Å². The molecule has 0 N–H and O–H groups in total. The monoisotopic (exact) mass is 178 g/mol. The summed E-state index contributed by atoms with van der Waals surface area (Å²) in [5.74, 6) is 0. The van der Waals surface area contributed by atoms with Crippen molar-refractivity contribution in [2.45, 2.75) is 23.3 Å². The van der Waals surface area contributed by atoms with E-state index in [1.54, 1.807) is 0 Å². The summed E-state index contributed by atoms with van der Waals surface area (Å²) in [4.78, 5) is 0. The highest BCUT2D eigenvalue weighted by Gasteiger charge is 2.20. The molecule has 0 aliphatic rings. The Hall–Kier alpha value is 0.800. The second-order valence-electron chi connectivity index (χ2n) is 1.67. The predicted octanol–water partition coefficient (Wildman–Crippen LogP) is 3.10. The molecule has 0 saturated carbocycles. The van der Waals surface area contributed by atoms with Gasteiger partial charge < -0.3 is 0 Å². The van der Waals surface area contributed by atoms with Crippen LogP contribution in [0.2, 0.25) is 0 Å². The summed E-state index contributed by atoms with van der Waals surface area (Å²) in [6, 6.07) is 0. The van der Waals surface area contributed by atoms with E-state index in [2.05, 4.69) is 0 Å². The smallest absolute Gasteiger partial charge is 0.176 e. The van der Waals surface area contributed by atoms with E-state index in [1.165, 1.54) is 6.92 Å². The molecular weight excluding hydrogens is 173 g/mol. The quantitative estimate of drug-likeness (QED) is 0.572. The third-order valence-electron chi connectivity index (χ3n) is 0.513. The molecule has 0 rings (SSSR count). The van der Waals surface area contributed by atoms with Crippen LogP contribution in [0.15, 0.2) is 0 Å². The van der Waals surface area contributed by atoms with Crippen molar-refractivity contribution in [1.82, 2.24) is 0 Å². The average Bonchev–Trinajstić information content (AvgIpc) is 1.21. The lowest BCUT2D eigenvalue weighted by Crippen LogP contribution is -2.10. The molecule has 4 heteroatoms. The van der Waals surface area contributed by atoms with E-state index in [0.29, 0.717) is 0 Å². The molecule has 0 aromatic rings. The van der Waals surface area contributed by atoms with Crippen LogP contribution >= 0.6 is 34.8 Å². The molecule has 1 atom stereocenters. The molecule has 0 saturated heterocycles. The topological polar surface area (TPSA) is 0 Å². The molecule has 0 heterocycles. The minimum absolute atomic E-state index is 0.0440. The van der Waals surface area contributed by atoms with Crippen molar-refractivity contribution < 1.29 is 4.39 Å². The lowest BCUT2D eigenvalue weighted by Gasteiger charge is -2.11. The maximum Gasteiger partial charge on any atom is 0.176 e. The number of hydrogen-bond acceptors (Lipinski definition) is 0. The fourth-order valence-electron chi connectivity index (χ4n) is 0.271. The highest BCUT2D eigenvalue weighted by Crippen LogP contribution is 2.27. The Balaban J connectivity index is 3.39. The van der Waals surface area contributed by atoms with Gasteiger partial charge in [0.15, 0.2) is 5.63 Å². The van der Waals surface area contributed by atoms with E-state index in [0.717, 1.165) is 0 Å². The van der Waals surface area contributed by atoms with Crippen molar-refractivity contribution in [3.05, 3.63) is 0 Å². The second kappa shape index (κ2) is 3.09. The summed E-state index contributed by atoms with van der Waals surface area (Å²) in [7, 11) is 0. The summed E-state index contributed by atoms with van der Waals surface area (Å²) in [5, 5.41) is 0. The zero-order valence-electron chi connectivity index (χ0n) is 4.30. The fraction of sp³-hybridized carbons (Fsp3) is 1.00. The molecule has 0 aliphatic carbocycles. The van der Waals surface area contributed by atoms with E-state index in [1.807, 2.05) is 0 Å². The van der Waals surface area contributed by atoms with Crippen LogP contribution < -0.4 is 0 Å². The first-order valence-corrected chi connectivity index (χ1v) is 3.27. The summed E-state index contributed by atoms with van der Waals surface area (Å²) < 4.78 is 10.8. The zero-order valence-corrected chi connectivity index (χ0v) is 6.56. The fourth-order valence-corrected chi connectivity index (χ4v) is 1.01. The first-order chi connectivity index (χ1) is 3.42. The van der Waals surface area contributed by atoms with Crippen molar-refractivity contribution in [1.29, 1.82) is 0 Å². The second-order valence-corrected chi connectivity index (χ2v) is 4.00. The molecule has 0 bridgehead atoms. The van der Waals surface area contributed by atoms with E-state index < -0.39 is 9.96 Å².